The molecule has 0 bridgehead atoms. The summed E-state index contributed by atoms with van der Waals surface area (Å²) in [6, 6.07) is 0.907. The average Bonchev–Trinajstić information content (AvgIpc) is 2.73. The second-order valence-corrected chi connectivity index (χ2v) is 6.46. The van der Waals surface area contributed by atoms with Gasteiger partial charge in [0.05, 0.1) is 0 Å². The van der Waals surface area contributed by atoms with Crippen molar-refractivity contribution in [2.45, 2.75) is 88.6 Å². The number of hydrogen-bond acceptors (Lipinski definition) is 2. The van der Waals surface area contributed by atoms with Gasteiger partial charge in [-0.25, -0.2) is 0 Å². The van der Waals surface area contributed by atoms with Crippen LogP contribution >= 0.6 is 11.6 Å². The van der Waals surface area contributed by atoms with Crippen molar-refractivity contribution in [2.24, 2.45) is 5.73 Å². The molecular weight excluding hydrogens is 244 g/mol. The topological polar surface area (TPSA) is 38.0 Å². The smallest absolute Gasteiger partial charge is 0.0350 e. The van der Waals surface area contributed by atoms with E-state index in [0.29, 0.717) is 17.5 Å². The Morgan fingerprint density at radius 1 is 1.17 bits per heavy atom. The van der Waals surface area contributed by atoms with Gasteiger partial charge in [0.25, 0.3) is 0 Å². The molecule has 2 nitrogen and oxygen atoms in total. The summed E-state index contributed by atoms with van der Waals surface area (Å²) in [5.41, 5.74) is 5.87. The monoisotopic (exact) mass is 274 g/mol. The van der Waals surface area contributed by atoms with Crippen molar-refractivity contribution in [1.82, 2.24) is 5.32 Å². The number of halogens is 1. The van der Waals surface area contributed by atoms with Crippen LogP contribution in [0.5, 0.6) is 0 Å². The number of hydrogen-bond donors (Lipinski definition) is 2. The van der Waals surface area contributed by atoms with Gasteiger partial charge in [-0.05, 0) is 19.3 Å². The minimum atomic E-state index is 0.337. The molecule has 0 amide bonds. The van der Waals surface area contributed by atoms with Gasteiger partial charge in [0.15, 0.2) is 0 Å². The summed E-state index contributed by atoms with van der Waals surface area (Å²) in [4.78, 5) is 0. The van der Waals surface area contributed by atoms with Crippen LogP contribution in [0.2, 0.25) is 0 Å². The summed E-state index contributed by atoms with van der Waals surface area (Å²) in [7, 11) is 0. The SMILES string of the molecule is CCCCCCCCCC(Cl)CC1CC(N)CN1. The third kappa shape index (κ3) is 7.60. The molecule has 18 heavy (non-hydrogen) atoms. The summed E-state index contributed by atoms with van der Waals surface area (Å²) < 4.78 is 0. The van der Waals surface area contributed by atoms with Crippen molar-refractivity contribution >= 4 is 11.6 Å². The van der Waals surface area contributed by atoms with E-state index in [2.05, 4.69) is 12.2 Å². The lowest BCUT2D eigenvalue weighted by molar-refractivity contribution is 0.502. The lowest BCUT2D eigenvalue weighted by atomic mass is 10.0. The molecule has 0 radical (unpaired) electrons. The first-order valence-electron chi connectivity index (χ1n) is 7.85. The van der Waals surface area contributed by atoms with Crippen LogP contribution in [0.25, 0.3) is 0 Å². The van der Waals surface area contributed by atoms with Crippen LogP contribution in [0.15, 0.2) is 0 Å². The molecule has 1 aliphatic rings. The number of unbranched alkanes of at least 4 members (excludes halogenated alkanes) is 6. The summed E-state index contributed by atoms with van der Waals surface area (Å²) in [5.74, 6) is 0. The van der Waals surface area contributed by atoms with E-state index < -0.39 is 0 Å². The van der Waals surface area contributed by atoms with E-state index in [0.717, 1.165) is 19.4 Å². The lowest BCUT2D eigenvalue weighted by Crippen LogP contribution is -2.25. The summed E-state index contributed by atoms with van der Waals surface area (Å²) in [6.45, 7) is 3.23. The Bertz CT molecular complexity index is 199. The van der Waals surface area contributed by atoms with E-state index in [1.807, 2.05) is 0 Å². The Balaban J connectivity index is 1.89. The van der Waals surface area contributed by atoms with Gasteiger partial charge in [-0.2, -0.15) is 0 Å². The third-order valence-corrected chi connectivity index (χ3v) is 4.31. The predicted octanol–water partition coefficient (Wildman–Crippen LogP) is 3.81. The summed E-state index contributed by atoms with van der Waals surface area (Å²) in [5, 5.41) is 3.79. The van der Waals surface area contributed by atoms with E-state index in [9.17, 15) is 0 Å². The maximum Gasteiger partial charge on any atom is 0.0350 e. The van der Waals surface area contributed by atoms with Gasteiger partial charge in [0.1, 0.15) is 0 Å². The maximum absolute atomic E-state index is 6.39. The van der Waals surface area contributed by atoms with Crippen molar-refractivity contribution < 1.29 is 0 Å². The molecule has 0 saturated carbocycles. The molecule has 0 aromatic carbocycles. The zero-order valence-electron chi connectivity index (χ0n) is 12.0. The fourth-order valence-corrected chi connectivity index (χ4v) is 3.15. The molecule has 0 aliphatic carbocycles. The van der Waals surface area contributed by atoms with Crippen LogP contribution in [0.4, 0.5) is 0 Å². The number of nitrogens with one attached hydrogen (secondary N) is 1. The molecule has 1 saturated heterocycles. The molecule has 1 fully saturated rings. The quantitative estimate of drug-likeness (QED) is 0.470. The van der Waals surface area contributed by atoms with Crippen LogP contribution < -0.4 is 11.1 Å². The Hall–Kier alpha value is 0.210. The number of alkyl halides is 1. The first-order chi connectivity index (χ1) is 8.72. The minimum Gasteiger partial charge on any atom is -0.326 e. The van der Waals surface area contributed by atoms with Crippen molar-refractivity contribution in [3.05, 3.63) is 0 Å². The van der Waals surface area contributed by atoms with Crippen LogP contribution in [-0.4, -0.2) is 24.0 Å². The second kappa shape index (κ2) is 10.1. The van der Waals surface area contributed by atoms with E-state index in [1.165, 1.54) is 51.4 Å². The van der Waals surface area contributed by atoms with Crippen LogP contribution in [-0.2, 0) is 0 Å². The molecule has 0 spiro atoms. The molecule has 0 aromatic heterocycles. The standard InChI is InChI=1S/C15H31ClN2/c1-2-3-4-5-6-7-8-9-13(16)10-15-11-14(17)12-18-15/h13-15,18H,2-12,17H2,1H3. The largest absolute Gasteiger partial charge is 0.326 e. The third-order valence-electron chi connectivity index (χ3n) is 3.92. The molecule has 108 valence electrons. The van der Waals surface area contributed by atoms with Crippen molar-refractivity contribution in [2.75, 3.05) is 6.54 Å². The molecule has 0 aromatic rings. The highest BCUT2D eigenvalue weighted by molar-refractivity contribution is 6.20. The average molecular weight is 275 g/mol. The van der Waals surface area contributed by atoms with E-state index in [1.54, 1.807) is 0 Å². The highest BCUT2D eigenvalue weighted by atomic mass is 35.5. The summed E-state index contributed by atoms with van der Waals surface area (Å²) >= 11 is 6.39. The van der Waals surface area contributed by atoms with Gasteiger partial charge < -0.3 is 11.1 Å². The molecule has 1 heterocycles. The molecule has 3 atom stereocenters. The Morgan fingerprint density at radius 3 is 2.44 bits per heavy atom. The fraction of sp³-hybridized carbons (Fsp3) is 1.00. The normalized spacial score (nSPS) is 25.5. The predicted molar refractivity (Wildman–Crippen MR) is 81.3 cm³/mol. The zero-order valence-corrected chi connectivity index (χ0v) is 12.7. The van der Waals surface area contributed by atoms with Crippen molar-refractivity contribution in [1.29, 1.82) is 0 Å². The lowest BCUT2D eigenvalue weighted by Gasteiger charge is -2.15. The van der Waals surface area contributed by atoms with Gasteiger partial charge in [0, 0.05) is 24.0 Å². The van der Waals surface area contributed by atoms with Gasteiger partial charge in [-0.15, -0.1) is 11.6 Å². The molecular formula is C15H31ClN2. The zero-order chi connectivity index (χ0) is 13.2. The Morgan fingerprint density at radius 2 is 1.83 bits per heavy atom. The van der Waals surface area contributed by atoms with Crippen LogP contribution in [0, 0.1) is 0 Å². The maximum atomic E-state index is 6.39. The molecule has 3 N–H and O–H groups in total. The Labute approximate surface area is 118 Å². The first kappa shape index (κ1) is 16.3. The number of nitrogens with two attached hydrogens (primary N) is 1. The van der Waals surface area contributed by atoms with E-state index >= 15 is 0 Å². The van der Waals surface area contributed by atoms with Crippen molar-refractivity contribution in [3.63, 3.8) is 0 Å². The molecule has 1 rings (SSSR count). The van der Waals surface area contributed by atoms with Gasteiger partial charge in [-0.1, -0.05) is 51.9 Å². The van der Waals surface area contributed by atoms with Gasteiger partial charge >= 0.3 is 0 Å². The molecule has 3 heteroatoms. The highest BCUT2D eigenvalue weighted by Gasteiger charge is 2.22. The van der Waals surface area contributed by atoms with Crippen molar-refractivity contribution in [3.8, 4) is 0 Å². The van der Waals surface area contributed by atoms with Crippen LogP contribution in [0.1, 0.15) is 71.1 Å². The number of rotatable bonds is 10. The minimum absolute atomic E-state index is 0.337. The first-order valence-corrected chi connectivity index (χ1v) is 8.29. The summed E-state index contributed by atoms with van der Waals surface area (Å²) in [6.07, 6.45) is 12.9. The highest BCUT2D eigenvalue weighted by Crippen LogP contribution is 2.19. The molecule has 3 unspecified atom stereocenters. The fourth-order valence-electron chi connectivity index (χ4n) is 2.78. The van der Waals surface area contributed by atoms with Crippen LogP contribution in [0.3, 0.4) is 0 Å². The van der Waals surface area contributed by atoms with Gasteiger partial charge in [-0.3, -0.25) is 0 Å². The Kier molecular flexibility index (Phi) is 9.08. The molecule has 1 aliphatic heterocycles. The van der Waals surface area contributed by atoms with E-state index in [-0.39, 0.29) is 0 Å². The van der Waals surface area contributed by atoms with Gasteiger partial charge in [0.2, 0.25) is 0 Å². The van der Waals surface area contributed by atoms with E-state index in [4.69, 9.17) is 17.3 Å². The second-order valence-electron chi connectivity index (χ2n) is 5.84.